The first-order valence-electron chi connectivity index (χ1n) is 5.30. The van der Waals surface area contributed by atoms with E-state index in [1.807, 2.05) is 12.1 Å². The van der Waals surface area contributed by atoms with Crippen molar-refractivity contribution in [1.82, 2.24) is 9.97 Å². The zero-order valence-electron chi connectivity index (χ0n) is 9.16. The highest BCUT2D eigenvalue weighted by Gasteiger charge is 2.06. The van der Waals surface area contributed by atoms with Gasteiger partial charge in [-0.15, -0.1) is 0 Å². The van der Waals surface area contributed by atoms with E-state index in [2.05, 4.69) is 23.0 Å². The van der Waals surface area contributed by atoms with E-state index in [0.29, 0.717) is 12.2 Å². The van der Waals surface area contributed by atoms with Crippen LogP contribution in [-0.4, -0.2) is 16.6 Å². The van der Waals surface area contributed by atoms with Gasteiger partial charge in [0, 0.05) is 6.61 Å². The van der Waals surface area contributed by atoms with Crippen molar-refractivity contribution in [3.05, 3.63) is 29.6 Å². The van der Waals surface area contributed by atoms with Crippen molar-refractivity contribution >= 4 is 11.0 Å². The Kier molecular flexibility index (Phi) is 3.18. The first-order chi connectivity index (χ1) is 7.85. The summed E-state index contributed by atoms with van der Waals surface area (Å²) in [7, 11) is 0. The zero-order chi connectivity index (χ0) is 11.4. The van der Waals surface area contributed by atoms with Gasteiger partial charge in [0.15, 0.2) is 0 Å². The van der Waals surface area contributed by atoms with Gasteiger partial charge in [0.05, 0.1) is 11.1 Å². The van der Waals surface area contributed by atoms with E-state index in [1.165, 1.54) is 0 Å². The van der Waals surface area contributed by atoms with Crippen molar-refractivity contribution in [3.8, 4) is 6.07 Å². The average molecular weight is 215 g/mol. The van der Waals surface area contributed by atoms with Gasteiger partial charge in [-0.2, -0.15) is 5.26 Å². The van der Waals surface area contributed by atoms with Gasteiger partial charge >= 0.3 is 0 Å². The van der Waals surface area contributed by atoms with Crippen LogP contribution in [0.2, 0.25) is 0 Å². The Morgan fingerprint density at radius 2 is 2.38 bits per heavy atom. The minimum Gasteiger partial charge on any atom is -0.374 e. The number of aromatic nitrogens is 2. The Morgan fingerprint density at radius 3 is 3.12 bits per heavy atom. The Morgan fingerprint density at radius 1 is 1.50 bits per heavy atom. The van der Waals surface area contributed by atoms with Crippen LogP contribution in [0.3, 0.4) is 0 Å². The standard InChI is InChI=1S/C12H13N3O/c1-2-6-16-8-11-14-10-5-3-4-9(7-13)12(10)15-11/h3-5H,2,6,8H2,1H3,(H,14,15). The molecule has 1 N–H and O–H groups in total. The Hall–Kier alpha value is -1.86. The van der Waals surface area contributed by atoms with Crippen molar-refractivity contribution in [3.63, 3.8) is 0 Å². The van der Waals surface area contributed by atoms with E-state index in [-0.39, 0.29) is 0 Å². The molecule has 0 bridgehead atoms. The minimum absolute atomic E-state index is 0.466. The van der Waals surface area contributed by atoms with Gasteiger partial charge in [0.25, 0.3) is 0 Å². The number of imidazole rings is 1. The number of H-pyrrole nitrogens is 1. The van der Waals surface area contributed by atoms with Crippen LogP contribution in [0.25, 0.3) is 11.0 Å². The quantitative estimate of drug-likeness (QED) is 0.796. The summed E-state index contributed by atoms with van der Waals surface area (Å²) in [5.74, 6) is 0.770. The fourth-order valence-corrected chi connectivity index (χ4v) is 1.55. The van der Waals surface area contributed by atoms with E-state index < -0.39 is 0 Å². The summed E-state index contributed by atoms with van der Waals surface area (Å²) >= 11 is 0. The van der Waals surface area contributed by atoms with Gasteiger partial charge in [-0.05, 0) is 18.6 Å². The number of hydrogen-bond donors (Lipinski definition) is 1. The third-order valence-electron chi connectivity index (χ3n) is 2.27. The summed E-state index contributed by atoms with van der Waals surface area (Å²) in [5.41, 5.74) is 2.20. The number of ether oxygens (including phenoxy) is 1. The van der Waals surface area contributed by atoms with Gasteiger partial charge < -0.3 is 9.72 Å². The molecule has 0 aliphatic heterocycles. The van der Waals surface area contributed by atoms with Crippen molar-refractivity contribution in [2.24, 2.45) is 0 Å². The van der Waals surface area contributed by atoms with Crippen LogP contribution in [-0.2, 0) is 11.3 Å². The highest BCUT2D eigenvalue weighted by Crippen LogP contribution is 2.15. The maximum Gasteiger partial charge on any atom is 0.133 e. The topological polar surface area (TPSA) is 61.7 Å². The molecule has 2 aromatic rings. The predicted octanol–water partition coefficient (Wildman–Crippen LogP) is 2.36. The van der Waals surface area contributed by atoms with Gasteiger partial charge in [-0.25, -0.2) is 4.98 Å². The third-order valence-corrected chi connectivity index (χ3v) is 2.27. The molecule has 0 saturated heterocycles. The number of nitriles is 1. The molecule has 0 atom stereocenters. The summed E-state index contributed by atoms with van der Waals surface area (Å²) in [6.07, 6.45) is 0.990. The summed E-state index contributed by atoms with van der Waals surface area (Å²) < 4.78 is 5.40. The zero-order valence-corrected chi connectivity index (χ0v) is 9.16. The van der Waals surface area contributed by atoms with Gasteiger partial charge in [0.1, 0.15) is 24.0 Å². The van der Waals surface area contributed by atoms with E-state index in [4.69, 9.17) is 10.00 Å². The predicted molar refractivity (Wildman–Crippen MR) is 60.8 cm³/mol. The van der Waals surface area contributed by atoms with Crippen LogP contribution >= 0.6 is 0 Å². The number of fused-ring (bicyclic) bond motifs is 1. The lowest BCUT2D eigenvalue weighted by atomic mass is 10.2. The lowest BCUT2D eigenvalue weighted by Gasteiger charge is -1.97. The maximum absolute atomic E-state index is 8.92. The molecule has 1 aromatic carbocycles. The largest absolute Gasteiger partial charge is 0.374 e. The van der Waals surface area contributed by atoms with Crippen LogP contribution in [0.15, 0.2) is 18.2 Å². The van der Waals surface area contributed by atoms with Gasteiger partial charge in [-0.3, -0.25) is 0 Å². The van der Waals surface area contributed by atoms with Crippen molar-refractivity contribution in [1.29, 1.82) is 5.26 Å². The molecule has 0 fully saturated rings. The summed E-state index contributed by atoms with van der Waals surface area (Å²) in [5, 5.41) is 8.92. The van der Waals surface area contributed by atoms with Crippen LogP contribution in [0, 0.1) is 11.3 Å². The molecule has 16 heavy (non-hydrogen) atoms. The lowest BCUT2D eigenvalue weighted by Crippen LogP contribution is -1.95. The average Bonchev–Trinajstić information content (AvgIpc) is 2.71. The molecule has 0 aliphatic carbocycles. The first-order valence-corrected chi connectivity index (χ1v) is 5.30. The monoisotopic (exact) mass is 215 g/mol. The fraction of sp³-hybridized carbons (Fsp3) is 0.333. The number of rotatable bonds is 4. The molecule has 0 spiro atoms. The van der Waals surface area contributed by atoms with E-state index in [9.17, 15) is 0 Å². The number of hydrogen-bond acceptors (Lipinski definition) is 3. The molecule has 82 valence electrons. The molecular formula is C12H13N3O. The second kappa shape index (κ2) is 4.77. The normalized spacial score (nSPS) is 10.5. The van der Waals surface area contributed by atoms with Crippen molar-refractivity contribution in [2.75, 3.05) is 6.61 Å². The van der Waals surface area contributed by atoms with E-state index in [1.54, 1.807) is 6.07 Å². The second-order valence-corrected chi connectivity index (χ2v) is 3.55. The smallest absolute Gasteiger partial charge is 0.133 e. The Balaban J connectivity index is 2.26. The molecular weight excluding hydrogens is 202 g/mol. The molecule has 0 radical (unpaired) electrons. The summed E-state index contributed by atoms with van der Waals surface area (Å²) in [6, 6.07) is 7.64. The molecule has 2 rings (SSSR count). The Bertz CT molecular complexity index is 525. The fourth-order valence-electron chi connectivity index (χ4n) is 1.55. The lowest BCUT2D eigenvalue weighted by molar-refractivity contribution is 0.117. The second-order valence-electron chi connectivity index (χ2n) is 3.55. The van der Waals surface area contributed by atoms with E-state index >= 15 is 0 Å². The van der Waals surface area contributed by atoms with E-state index in [0.717, 1.165) is 29.9 Å². The molecule has 0 saturated carbocycles. The summed E-state index contributed by atoms with van der Waals surface area (Å²) in [4.78, 5) is 7.49. The SMILES string of the molecule is CCCOCc1nc2c(C#N)cccc2[nH]1. The van der Waals surface area contributed by atoms with Gasteiger partial charge in [-0.1, -0.05) is 13.0 Å². The molecule has 0 amide bonds. The van der Waals surface area contributed by atoms with Crippen LogP contribution in [0.5, 0.6) is 0 Å². The van der Waals surface area contributed by atoms with Crippen LogP contribution < -0.4 is 0 Å². The van der Waals surface area contributed by atoms with Crippen molar-refractivity contribution < 1.29 is 4.74 Å². The Labute approximate surface area is 93.9 Å². The van der Waals surface area contributed by atoms with Crippen LogP contribution in [0.4, 0.5) is 0 Å². The first kappa shape index (κ1) is 10.7. The number of benzene rings is 1. The van der Waals surface area contributed by atoms with Crippen LogP contribution in [0.1, 0.15) is 24.7 Å². The highest BCUT2D eigenvalue weighted by atomic mass is 16.5. The highest BCUT2D eigenvalue weighted by molar-refractivity contribution is 5.81. The molecule has 4 heteroatoms. The van der Waals surface area contributed by atoms with Crippen molar-refractivity contribution in [2.45, 2.75) is 20.0 Å². The molecule has 0 aliphatic rings. The molecule has 4 nitrogen and oxygen atoms in total. The molecule has 1 aromatic heterocycles. The summed E-state index contributed by atoms with van der Waals surface area (Å²) in [6.45, 7) is 3.25. The molecule has 0 unspecified atom stereocenters. The third kappa shape index (κ3) is 2.05. The minimum atomic E-state index is 0.466. The van der Waals surface area contributed by atoms with Gasteiger partial charge in [0.2, 0.25) is 0 Å². The number of nitrogens with one attached hydrogen (secondary N) is 1. The maximum atomic E-state index is 8.92. The molecule has 1 heterocycles. The number of nitrogens with zero attached hydrogens (tertiary/aromatic N) is 2. The number of aromatic amines is 1. The number of para-hydroxylation sites is 1.